The summed E-state index contributed by atoms with van der Waals surface area (Å²) in [6.45, 7) is 14.6. The molecule has 3 aromatic rings. The van der Waals surface area contributed by atoms with E-state index in [9.17, 15) is 0 Å². The lowest BCUT2D eigenvalue weighted by Gasteiger charge is -2.36. The summed E-state index contributed by atoms with van der Waals surface area (Å²) in [6.07, 6.45) is -2.48. The second-order valence-electron chi connectivity index (χ2n) is 9.01. The monoisotopic (exact) mass is 441 g/mol. The first-order chi connectivity index (χ1) is 17.1. The fraction of sp³-hybridized carbons (Fsp3) is 0.556. The van der Waals surface area contributed by atoms with Gasteiger partial charge in [0.05, 0.1) is 5.69 Å². The van der Waals surface area contributed by atoms with E-state index in [-0.39, 0.29) is 0 Å². The minimum absolute atomic E-state index is 0.529. The SMILES string of the molecule is [3H]C(C)c1nn2c(C)cc(C)nc2c1C([3H])c1ccc(C([3H])C([3H])CN2CCN(C(C)C)CC2)cc1. The number of benzene rings is 1. The summed E-state index contributed by atoms with van der Waals surface area (Å²) in [7, 11) is 0. The Labute approximate surface area is 199 Å². The molecule has 0 spiro atoms. The molecule has 4 rings (SSSR count). The molecule has 5 nitrogen and oxygen atoms in total. The van der Waals surface area contributed by atoms with E-state index in [1.807, 2.05) is 44.2 Å². The Morgan fingerprint density at radius 2 is 1.72 bits per heavy atom. The Bertz CT molecular complexity index is 1170. The van der Waals surface area contributed by atoms with Gasteiger partial charge in [0.1, 0.15) is 0 Å². The fourth-order valence-electron chi connectivity index (χ4n) is 4.38. The van der Waals surface area contributed by atoms with Crippen molar-refractivity contribution in [3.8, 4) is 0 Å². The molecular formula is C27H39N5. The molecule has 1 aliphatic heterocycles. The van der Waals surface area contributed by atoms with Crippen LogP contribution in [0.2, 0.25) is 0 Å². The van der Waals surface area contributed by atoms with Crippen LogP contribution in [0.5, 0.6) is 0 Å². The number of fused-ring (bicyclic) bond motifs is 1. The highest BCUT2D eigenvalue weighted by molar-refractivity contribution is 5.53. The van der Waals surface area contributed by atoms with Gasteiger partial charge in [-0.3, -0.25) is 4.90 Å². The Morgan fingerprint density at radius 1 is 1.03 bits per heavy atom. The molecule has 0 N–H and O–H groups in total. The lowest BCUT2D eigenvalue weighted by Crippen LogP contribution is -2.48. The van der Waals surface area contributed by atoms with Crippen molar-refractivity contribution in [2.24, 2.45) is 0 Å². The Balaban J connectivity index is 1.50. The van der Waals surface area contributed by atoms with Crippen LogP contribution in [0.4, 0.5) is 0 Å². The van der Waals surface area contributed by atoms with Crippen molar-refractivity contribution in [1.29, 1.82) is 0 Å². The van der Waals surface area contributed by atoms with Crippen LogP contribution in [0.1, 0.15) is 66.4 Å². The molecule has 3 heterocycles. The van der Waals surface area contributed by atoms with Gasteiger partial charge >= 0.3 is 0 Å². The first kappa shape index (κ1) is 18.2. The van der Waals surface area contributed by atoms with Crippen LogP contribution < -0.4 is 0 Å². The van der Waals surface area contributed by atoms with Crippen LogP contribution in [-0.4, -0.2) is 63.2 Å². The maximum absolute atomic E-state index is 9.04. The molecule has 1 saturated heterocycles. The van der Waals surface area contributed by atoms with Crippen molar-refractivity contribution in [2.45, 2.75) is 66.2 Å². The van der Waals surface area contributed by atoms with E-state index in [4.69, 9.17) is 5.48 Å². The van der Waals surface area contributed by atoms with E-state index in [0.717, 1.165) is 48.7 Å². The number of hydrogen-bond acceptors (Lipinski definition) is 4. The minimum atomic E-state index is -0.735. The quantitative estimate of drug-likeness (QED) is 0.517. The summed E-state index contributed by atoms with van der Waals surface area (Å²) < 4.78 is 36.4. The zero-order valence-corrected chi connectivity index (χ0v) is 20.0. The summed E-state index contributed by atoms with van der Waals surface area (Å²) in [5.41, 5.74) is 5.23. The molecular weight excluding hydrogens is 394 g/mol. The third-order valence-corrected chi connectivity index (χ3v) is 6.29. The molecule has 5 heteroatoms. The number of aromatic nitrogens is 3. The fourth-order valence-corrected chi connectivity index (χ4v) is 4.38. The van der Waals surface area contributed by atoms with E-state index in [2.05, 4.69) is 33.7 Å². The summed E-state index contributed by atoms with van der Waals surface area (Å²) in [5.74, 6) is 0. The first-order valence-electron chi connectivity index (χ1n) is 14.0. The molecule has 32 heavy (non-hydrogen) atoms. The number of aryl methyl sites for hydroxylation is 4. The van der Waals surface area contributed by atoms with Gasteiger partial charge in [0.15, 0.2) is 5.65 Å². The van der Waals surface area contributed by atoms with Crippen molar-refractivity contribution >= 4 is 5.65 Å². The molecule has 1 fully saturated rings. The largest absolute Gasteiger partial charge is 0.301 e. The normalized spacial score (nSPS) is 21.6. The summed E-state index contributed by atoms with van der Waals surface area (Å²) in [5, 5.41) is 4.62. The van der Waals surface area contributed by atoms with E-state index in [1.165, 1.54) is 0 Å². The van der Waals surface area contributed by atoms with E-state index in [1.54, 1.807) is 11.4 Å². The molecule has 172 valence electrons. The van der Waals surface area contributed by atoms with Crippen molar-refractivity contribution < 1.29 is 5.48 Å². The predicted octanol–water partition coefficient (Wildman–Crippen LogP) is 4.46. The van der Waals surface area contributed by atoms with Gasteiger partial charge in [-0.15, -0.1) is 0 Å². The highest BCUT2D eigenvalue weighted by atomic mass is 15.3. The van der Waals surface area contributed by atoms with Crippen molar-refractivity contribution in [1.82, 2.24) is 24.4 Å². The van der Waals surface area contributed by atoms with Gasteiger partial charge in [0.25, 0.3) is 0 Å². The van der Waals surface area contributed by atoms with Crippen LogP contribution in [0.25, 0.3) is 5.65 Å². The molecule has 1 aromatic carbocycles. The van der Waals surface area contributed by atoms with Crippen LogP contribution in [-0.2, 0) is 19.2 Å². The van der Waals surface area contributed by atoms with Crippen LogP contribution in [0.15, 0.2) is 30.3 Å². The molecule has 4 atom stereocenters. The second kappa shape index (κ2) is 10.1. The van der Waals surface area contributed by atoms with E-state index in [0.29, 0.717) is 29.5 Å². The highest BCUT2D eigenvalue weighted by Crippen LogP contribution is 2.21. The maximum atomic E-state index is 9.04. The van der Waals surface area contributed by atoms with Crippen molar-refractivity contribution in [3.63, 3.8) is 0 Å². The van der Waals surface area contributed by atoms with Crippen molar-refractivity contribution in [2.75, 3.05) is 32.7 Å². The number of piperazine rings is 1. The van der Waals surface area contributed by atoms with Gasteiger partial charge < -0.3 is 4.90 Å². The second-order valence-corrected chi connectivity index (χ2v) is 9.01. The number of nitrogens with zero attached hydrogens (tertiary/aromatic N) is 5. The van der Waals surface area contributed by atoms with Crippen LogP contribution in [0.3, 0.4) is 0 Å². The summed E-state index contributed by atoms with van der Waals surface area (Å²) >= 11 is 0. The van der Waals surface area contributed by atoms with Gasteiger partial charge in [0, 0.05) is 61.1 Å². The third kappa shape index (κ3) is 5.21. The average Bonchev–Trinajstić information content (AvgIpc) is 3.23. The molecule has 2 aromatic heterocycles. The zero-order valence-electron chi connectivity index (χ0n) is 24.0. The van der Waals surface area contributed by atoms with Crippen molar-refractivity contribution in [3.05, 3.63) is 64.1 Å². The van der Waals surface area contributed by atoms with E-state index >= 15 is 0 Å². The topological polar surface area (TPSA) is 36.7 Å². The molecule has 4 unspecified atom stereocenters. The molecule has 0 bridgehead atoms. The molecule has 0 radical (unpaired) electrons. The lowest BCUT2D eigenvalue weighted by molar-refractivity contribution is 0.108. The highest BCUT2D eigenvalue weighted by Gasteiger charge is 2.18. The van der Waals surface area contributed by atoms with Gasteiger partial charge in [-0.2, -0.15) is 5.10 Å². The summed E-state index contributed by atoms with van der Waals surface area (Å²) in [4.78, 5) is 9.42. The lowest BCUT2D eigenvalue weighted by atomic mass is 10.0. The van der Waals surface area contributed by atoms with Gasteiger partial charge in [-0.05, 0) is 70.6 Å². The number of hydrogen-bond donors (Lipinski definition) is 0. The predicted molar refractivity (Wildman–Crippen MR) is 133 cm³/mol. The third-order valence-electron chi connectivity index (χ3n) is 6.29. The van der Waals surface area contributed by atoms with E-state index < -0.39 is 25.6 Å². The Hall–Kier alpha value is -2.24. The maximum Gasteiger partial charge on any atom is 0.159 e. The smallest absolute Gasteiger partial charge is 0.159 e. The van der Waals surface area contributed by atoms with Gasteiger partial charge in [-0.25, -0.2) is 9.50 Å². The van der Waals surface area contributed by atoms with Crippen LogP contribution >= 0.6 is 0 Å². The number of rotatable bonds is 8. The molecule has 0 saturated carbocycles. The molecule has 0 aliphatic carbocycles. The van der Waals surface area contributed by atoms with Crippen LogP contribution in [0, 0.1) is 13.8 Å². The Morgan fingerprint density at radius 3 is 2.38 bits per heavy atom. The van der Waals surface area contributed by atoms with Gasteiger partial charge in [0.2, 0.25) is 0 Å². The van der Waals surface area contributed by atoms with Gasteiger partial charge in [-0.1, -0.05) is 31.2 Å². The first-order valence-corrected chi connectivity index (χ1v) is 11.7. The molecule has 0 amide bonds. The average molecular weight is 442 g/mol. The summed E-state index contributed by atoms with van der Waals surface area (Å²) in [6, 6.07) is 10.0. The zero-order chi connectivity index (χ0) is 26.1. The molecule has 1 aliphatic rings. The minimum Gasteiger partial charge on any atom is -0.301 e. The standard InChI is InChI=1S/C27H39N5/c1-6-26-25(27-28-21(4)18-22(5)32(27)29-26)19-24-11-9-23(10-12-24)8-7-13-30-14-16-31(17-15-30)20(2)3/h9-12,18,20H,6-8,13-17,19H2,1-5H3/i6T,7T,8T,19T. The Kier molecular flexibility index (Phi) is 5.77.